The number of amidine groups is 1. The molecule has 2 fully saturated rings. The van der Waals surface area contributed by atoms with Gasteiger partial charge in [-0.1, -0.05) is 17.7 Å². The Balaban J connectivity index is 1.30. The maximum atomic E-state index is 15.2. The number of ether oxygens (including phenoxy) is 1. The monoisotopic (exact) mass is 474 g/mol. The summed E-state index contributed by atoms with van der Waals surface area (Å²) in [4.78, 5) is 18.4. The number of nitrogens with zero attached hydrogens (tertiary/aromatic N) is 5. The standard InChI is InChI=1S/C27H31FN6O/c1-16-10-18-6-7-22(26(28)21(18)11-16)35-27-31-24(30-23-12-19(14-29-23)17-4-5-17)13-25(32-27)34-9-8-20(15-34)33(2)3/h6-7,11-13,17,20H,4-5,8-10,14-15H2,1-3H3,(H,29,30,31,32). The van der Waals surface area contributed by atoms with Crippen LogP contribution in [0, 0.1) is 11.7 Å². The molecule has 0 spiro atoms. The summed E-state index contributed by atoms with van der Waals surface area (Å²) in [5.41, 5.74) is 4.10. The molecule has 182 valence electrons. The number of benzene rings is 1. The summed E-state index contributed by atoms with van der Waals surface area (Å²) >= 11 is 0. The number of anilines is 2. The van der Waals surface area contributed by atoms with E-state index in [4.69, 9.17) is 4.74 Å². The van der Waals surface area contributed by atoms with Crippen molar-refractivity contribution in [2.75, 3.05) is 43.9 Å². The Morgan fingerprint density at radius 3 is 2.77 bits per heavy atom. The first-order valence-corrected chi connectivity index (χ1v) is 12.4. The third-order valence-electron chi connectivity index (χ3n) is 7.32. The predicted octanol–water partition coefficient (Wildman–Crippen LogP) is 4.67. The van der Waals surface area contributed by atoms with Gasteiger partial charge in [-0.2, -0.15) is 9.97 Å². The molecule has 1 unspecified atom stereocenters. The molecule has 4 aliphatic rings. The zero-order valence-corrected chi connectivity index (χ0v) is 20.5. The van der Waals surface area contributed by atoms with Crippen LogP contribution >= 0.6 is 0 Å². The highest BCUT2D eigenvalue weighted by atomic mass is 19.1. The Kier molecular flexibility index (Phi) is 5.56. The number of aliphatic imine (C=N–C) groups is 1. The first kappa shape index (κ1) is 22.2. The zero-order chi connectivity index (χ0) is 24.1. The fourth-order valence-corrected chi connectivity index (χ4v) is 5.11. The lowest BCUT2D eigenvalue weighted by atomic mass is 10.1. The van der Waals surface area contributed by atoms with Crippen LogP contribution < -0.4 is 15.0 Å². The van der Waals surface area contributed by atoms with E-state index in [0.29, 0.717) is 23.3 Å². The number of hydrogen-bond donors (Lipinski definition) is 1. The van der Waals surface area contributed by atoms with Crippen molar-refractivity contribution >= 4 is 23.5 Å². The van der Waals surface area contributed by atoms with Crippen LogP contribution in [0.4, 0.5) is 16.0 Å². The number of fused-ring (bicyclic) bond motifs is 1. The summed E-state index contributed by atoms with van der Waals surface area (Å²) in [7, 11) is 4.20. The van der Waals surface area contributed by atoms with E-state index < -0.39 is 0 Å². The Morgan fingerprint density at radius 2 is 2.00 bits per heavy atom. The van der Waals surface area contributed by atoms with E-state index >= 15 is 4.39 Å². The fraction of sp³-hybridized carbons (Fsp3) is 0.444. The Bertz CT molecular complexity index is 1260. The molecule has 0 bridgehead atoms. The van der Waals surface area contributed by atoms with Gasteiger partial charge in [-0.25, -0.2) is 4.39 Å². The second-order valence-corrected chi connectivity index (χ2v) is 10.3. The molecule has 1 atom stereocenters. The quantitative estimate of drug-likeness (QED) is 0.657. The van der Waals surface area contributed by atoms with Gasteiger partial charge in [-0.05, 0) is 75.9 Å². The number of likely N-dealkylation sites (N-methyl/N-ethyl adjacent to an activating group) is 1. The van der Waals surface area contributed by atoms with E-state index in [1.54, 1.807) is 6.07 Å². The van der Waals surface area contributed by atoms with Gasteiger partial charge in [0, 0.05) is 30.8 Å². The van der Waals surface area contributed by atoms with Gasteiger partial charge in [0.15, 0.2) is 11.6 Å². The van der Waals surface area contributed by atoms with Gasteiger partial charge in [0.1, 0.15) is 17.5 Å². The minimum absolute atomic E-state index is 0.126. The van der Waals surface area contributed by atoms with Crippen molar-refractivity contribution in [3.05, 3.63) is 52.4 Å². The molecule has 3 heterocycles. The minimum Gasteiger partial charge on any atom is -0.421 e. The van der Waals surface area contributed by atoms with Crippen LogP contribution in [-0.4, -0.2) is 60.5 Å². The van der Waals surface area contributed by atoms with Gasteiger partial charge in [0.05, 0.1) is 6.54 Å². The van der Waals surface area contributed by atoms with Gasteiger partial charge >= 0.3 is 6.01 Å². The van der Waals surface area contributed by atoms with Crippen LogP contribution in [0.3, 0.4) is 0 Å². The summed E-state index contributed by atoms with van der Waals surface area (Å²) in [6, 6.07) is 6.11. The lowest BCUT2D eigenvalue weighted by molar-refractivity contribution is 0.315. The average Bonchev–Trinajstić information content (AvgIpc) is 3.21. The van der Waals surface area contributed by atoms with Crippen LogP contribution in [0.15, 0.2) is 40.4 Å². The van der Waals surface area contributed by atoms with Crippen molar-refractivity contribution < 1.29 is 9.13 Å². The van der Waals surface area contributed by atoms with E-state index in [0.717, 1.165) is 55.3 Å². The predicted molar refractivity (Wildman–Crippen MR) is 137 cm³/mol. The normalized spacial score (nSPS) is 21.2. The van der Waals surface area contributed by atoms with Crippen LogP contribution in [0.1, 0.15) is 37.3 Å². The minimum atomic E-state index is -0.367. The Labute approximate surface area is 205 Å². The number of rotatable bonds is 6. The van der Waals surface area contributed by atoms with Gasteiger partial charge in [-0.3, -0.25) is 4.99 Å². The van der Waals surface area contributed by atoms with Crippen molar-refractivity contribution in [1.29, 1.82) is 0 Å². The number of aromatic nitrogens is 2. The summed E-state index contributed by atoms with van der Waals surface area (Å²) in [5, 5.41) is 3.34. The van der Waals surface area contributed by atoms with Crippen LogP contribution in [0.25, 0.3) is 6.08 Å². The number of allylic oxidation sites excluding steroid dienone is 1. The lowest BCUT2D eigenvalue weighted by Gasteiger charge is -2.22. The molecular formula is C27H31FN6O. The SMILES string of the molecule is CC1=Cc2c(ccc(Oc3nc(NC4=NCC(C5CC5)=C4)cc(N4CCC(N(C)C)C4)n3)c2F)C1. The molecule has 2 aliphatic carbocycles. The first-order chi connectivity index (χ1) is 16.9. The van der Waals surface area contributed by atoms with Gasteiger partial charge in [-0.15, -0.1) is 0 Å². The van der Waals surface area contributed by atoms with Crippen molar-refractivity contribution in [1.82, 2.24) is 14.9 Å². The molecule has 6 rings (SSSR count). The van der Waals surface area contributed by atoms with Gasteiger partial charge in [0.25, 0.3) is 0 Å². The molecule has 1 aromatic heterocycles. The van der Waals surface area contributed by atoms with Gasteiger partial charge in [0.2, 0.25) is 0 Å². The third kappa shape index (κ3) is 4.55. The number of halogens is 1. The van der Waals surface area contributed by atoms with Crippen molar-refractivity contribution in [2.24, 2.45) is 10.9 Å². The molecule has 2 aliphatic heterocycles. The average molecular weight is 475 g/mol. The van der Waals surface area contributed by atoms with Crippen LogP contribution in [0.5, 0.6) is 11.8 Å². The Morgan fingerprint density at radius 1 is 1.14 bits per heavy atom. The molecule has 1 saturated carbocycles. The maximum Gasteiger partial charge on any atom is 0.326 e. The molecule has 2 aromatic rings. The molecule has 0 radical (unpaired) electrons. The molecular weight excluding hydrogens is 443 g/mol. The topological polar surface area (TPSA) is 65.9 Å². The van der Waals surface area contributed by atoms with E-state index in [2.05, 4.69) is 50.2 Å². The molecule has 1 aromatic carbocycles. The van der Waals surface area contributed by atoms with E-state index in [1.165, 1.54) is 18.4 Å². The third-order valence-corrected chi connectivity index (χ3v) is 7.32. The maximum absolute atomic E-state index is 15.2. The highest BCUT2D eigenvalue weighted by Crippen LogP contribution is 2.38. The smallest absolute Gasteiger partial charge is 0.326 e. The van der Waals surface area contributed by atoms with Crippen LogP contribution in [-0.2, 0) is 6.42 Å². The fourth-order valence-electron chi connectivity index (χ4n) is 5.11. The largest absolute Gasteiger partial charge is 0.421 e. The highest BCUT2D eigenvalue weighted by molar-refractivity contribution is 6.05. The summed E-state index contributed by atoms with van der Waals surface area (Å²) < 4.78 is 21.2. The van der Waals surface area contributed by atoms with Crippen LogP contribution in [0.2, 0.25) is 0 Å². The van der Waals surface area contributed by atoms with Gasteiger partial charge < -0.3 is 19.9 Å². The van der Waals surface area contributed by atoms with E-state index in [9.17, 15) is 0 Å². The molecule has 0 amide bonds. The summed E-state index contributed by atoms with van der Waals surface area (Å²) in [6.45, 7) is 4.52. The molecule has 1 N–H and O–H groups in total. The molecule has 8 heteroatoms. The van der Waals surface area contributed by atoms with Crippen molar-refractivity contribution in [3.63, 3.8) is 0 Å². The summed E-state index contributed by atoms with van der Waals surface area (Å²) in [6.07, 6.45) is 8.36. The molecule has 7 nitrogen and oxygen atoms in total. The molecule has 1 saturated heterocycles. The van der Waals surface area contributed by atoms with E-state index in [-0.39, 0.29) is 17.6 Å². The lowest BCUT2D eigenvalue weighted by Crippen LogP contribution is -2.31. The summed E-state index contributed by atoms with van der Waals surface area (Å²) in [5.74, 6) is 2.63. The Hall–Kier alpha value is -3.26. The number of nitrogens with one attached hydrogen (secondary N) is 1. The first-order valence-electron chi connectivity index (χ1n) is 12.4. The zero-order valence-electron chi connectivity index (χ0n) is 20.5. The van der Waals surface area contributed by atoms with E-state index in [1.807, 2.05) is 25.1 Å². The second-order valence-electron chi connectivity index (χ2n) is 10.3. The highest BCUT2D eigenvalue weighted by Gasteiger charge is 2.29. The second kappa shape index (κ2) is 8.75. The molecule has 35 heavy (non-hydrogen) atoms. The number of hydrogen-bond acceptors (Lipinski definition) is 7. The van der Waals surface area contributed by atoms with Crippen molar-refractivity contribution in [2.45, 2.75) is 38.6 Å². The van der Waals surface area contributed by atoms with Crippen molar-refractivity contribution in [3.8, 4) is 11.8 Å².